The largest absolute Gasteiger partial charge is 0.454 e. The van der Waals surface area contributed by atoms with E-state index in [9.17, 15) is 4.79 Å². The van der Waals surface area contributed by atoms with E-state index in [0.717, 1.165) is 49.8 Å². The van der Waals surface area contributed by atoms with Crippen LogP contribution in [0.25, 0.3) is 0 Å². The number of hydrogen-bond acceptors (Lipinski definition) is 6. The van der Waals surface area contributed by atoms with E-state index in [4.69, 9.17) is 18.9 Å². The second-order valence-corrected chi connectivity index (χ2v) is 8.13. The van der Waals surface area contributed by atoms with Gasteiger partial charge in [-0.25, -0.2) is 4.79 Å². The van der Waals surface area contributed by atoms with Crippen molar-refractivity contribution in [1.82, 2.24) is 9.80 Å². The van der Waals surface area contributed by atoms with Gasteiger partial charge in [0.1, 0.15) is 6.61 Å². The SMILES string of the molecule is C[C@H](Cc1ccc2c(c1)OCO2)N(C)C(=O)OCCN1CCCCC12COC2. The minimum Gasteiger partial charge on any atom is -0.454 e. The van der Waals surface area contributed by atoms with Gasteiger partial charge in [0.2, 0.25) is 6.79 Å². The molecule has 2 saturated heterocycles. The molecule has 4 rings (SSSR count). The molecule has 1 aromatic rings. The van der Waals surface area contributed by atoms with Crippen LogP contribution in [0.5, 0.6) is 11.5 Å². The first-order chi connectivity index (χ1) is 13.6. The molecule has 3 heterocycles. The van der Waals surface area contributed by atoms with Crippen LogP contribution in [0.15, 0.2) is 18.2 Å². The quantitative estimate of drug-likeness (QED) is 0.744. The number of piperidine rings is 1. The Kier molecular flexibility index (Phi) is 5.64. The fourth-order valence-electron chi connectivity index (χ4n) is 4.24. The average Bonchev–Trinajstić information content (AvgIpc) is 3.14. The van der Waals surface area contributed by atoms with E-state index in [-0.39, 0.29) is 24.5 Å². The molecule has 1 atom stereocenters. The van der Waals surface area contributed by atoms with Crippen molar-refractivity contribution >= 4 is 6.09 Å². The summed E-state index contributed by atoms with van der Waals surface area (Å²) in [6, 6.07) is 5.93. The van der Waals surface area contributed by atoms with Crippen LogP contribution < -0.4 is 9.47 Å². The number of carbonyl (C=O) groups is 1. The predicted molar refractivity (Wildman–Crippen MR) is 104 cm³/mol. The summed E-state index contributed by atoms with van der Waals surface area (Å²) in [5, 5.41) is 0. The highest BCUT2D eigenvalue weighted by Gasteiger charge is 2.45. The van der Waals surface area contributed by atoms with Gasteiger partial charge < -0.3 is 23.8 Å². The van der Waals surface area contributed by atoms with E-state index in [2.05, 4.69) is 4.90 Å². The zero-order valence-electron chi connectivity index (χ0n) is 16.8. The first-order valence-corrected chi connectivity index (χ1v) is 10.2. The summed E-state index contributed by atoms with van der Waals surface area (Å²) < 4.78 is 21.8. The summed E-state index contributed by atoms with van der Waals surface area (Å²) in [4.78, 5) is 16.6. The summed E-state index contributed by atoms with van der Waals surface area (Å²) in [6.07, 6.45) is 4.12. The minimum absolute atomic E-state index is 0.0224. The lowest BCUT2D eigenvalue weighted by atomic mass is 9.85. The Morgan fingerprint density at radius 2 is 2.11 bits per heavy atom. The van der Waals surface area contributed by atoms with E-state index in [1.165, 1.54) is 19.3 Å². The molecule has 28 heavy (non-hydrogen) atoms. The topological polar surface area (TPSA) is 60.5 Å². The van der Waals surface area contributed by atoms with Crippen molar-refractivity contribution in [2.75, 3.05) is 46.8 Å². The zero-order valence-corrected chi connectivity index (χ0v) is 16.8. The first kappa shape index (κ1) is 19.3. The molecule has 1 amide bonds. The van der Waals surface area contributed by atoms with Crippen molar-refractivity contribution in [1.29, 1.82) is 0 Å². The lowest BCUT2D eigenvalue weighted by molar-refractivity contribution is -0.158. The molecule has 0 unspecified atom stereocenters. The summed E-state index contributed by atoms with van der Waals surface area (Å²) in [7, 11) is 1.79. The highest BCUT2D eigenvalue weighted by Crippen LogP contribution is 2.34. The van der Waals surface area contributed by atoms with Crippen LogP contribution in [-0.4, -0.2) is 74.2 Å². The first-order valence-electron chi connectivity index (χ1n) is 10.2. The highest BCUT2D eigenvalue weighted by molar-refractivity contribution is 5.67. The zero-order chi connectivity index (χ0) is 19.6. The number of benzene rings is 1. The molecular formula is C21H30N2O5. The van der Waals surface area contributed by atoms with Gasteiger partial charge in [0, 0.05) is 19.6 Å². The minimum atomic E-state index is -0.274. The van der Waals surface area contributed by atoms with E-state index < -0.39 is 0 Å². The summed E-state index contributed by atoms with van der Waals surface area (Å²) >= 11 is 0. The third-order valence-corrected chi connectivity index (χ3v) is 6.24. The van der Waals surface area contributed by atoms with Gasteiger partial charge in [-0.1, -0.05) is 12.5 Å². The van der Waals surface area contributed by atoms with Crippen LogP contribution >= 0.6 is 0 Å². The molecule has 0 radical (unpaired) electrons. The number of nitrogens with zero attached hydrogens (tertiary/aromatic N) is 2. The highest BCUT2D eigenvalue weighted by atomic mass is 16.7. The molecule has 0 bridgehead atoms. The maximum Gasteiger partial charge on any atom is 0.409 e. The standard InChI is InChI=1S/C21H30N2O5/c1-16(11-17-5-6-18-19(12-17)28-15-27-18)22(2)20(24)26-10-9-23-8-4-3-7-21(23)13-25-14-21/h5-6,12,16H,3-4,7-11,13-15H2,1-2H3/t16-/m1/s1. The van der Waals surface area contributed by atoms with Crippen LogP contribution in [0.2, 0.25) is 0 Å². The van der Waals surface area contributed by atoms with Crippen molar-refractivity contribution in [3.8, 4) is 11.5 Å². The van der Waals surface area contributed by atoms with Crippen molar-refractivity contribution in [3.63, 3.8) is 0 Å². The Morgan fingerprint density at radius 3 is 2.89 bits per heavy atom. The number of likely N-dealkylation sites (tertiary alicyclic amines) is 1. The second kappa shape index (κ2) is 8.17. The number of likely N-dealkylation sites (N-methyl/N-ethyl adjacent to an activating group) is 1. The Morgan fingerprint density at radius 1 is 1.29 bits per heavy atom. The van der Waals surface area contributed by atoms with Crippen molar-refractivity contribution < 1.29 is 23.7 Å². The monoisotopic (exact) mass is 390 g/mol. The van der Waals surface area contributed by atoms with Crippen LogP contribution in [0.1, 0.15) is 31.7 Å². The molecule has 0 aromatic heterocycles. The van der Waals surface area contributed by atoms with E-state index >= 15 is 0 Å². The smallest absolute Gasteiger partial charge is 0.409 e. The van der Waals surface area contributed by atoms with Gasteiger partial charge in [-0.15, -0.1) is 0 Å². The number of carbonyl (C=O) groups excluding carboxylic acids is 1. The molecular weight excluding hydrogens is 360 g/mol. The summed E-state index contributed by atoms with van der Waals surface area (Å²) in [5.74, 6) is 1.54. The second-order valence-electron chi connectivity index (χ2n) is 8.13. The molecule has 1 aromatic carbocycles. The number of ether oxygens (including phenoxy) is 4. The Labute approximate surface area is 166 Å². The normalized spacial score (nSPS) is 21.2. The van der Waals surface area contributed by atoms with Gasteiger partial charge >= 0.3 is 6.09 Å². The molecule has 3 aliphatic heterocycles. The Hall–Kier alpha value is -1.99. The average molecular weight is 390 g/mol. The van der Waals surface area contributed by atoms with E-state index in [0.29, 0.717) is 6.61 Å². The third kappa shape index (κ3) is 3.91. The lowest BCUT2D eigenvalue weighted by Gasteiger charge is -2.52. The van der Waals surface area contributed by atoms with E-state index in [1.54, 1.807) is 11.9 Å². The van der Waals surface area contributed by atoms with Crippen molar-refractivity contribution in [2.45, 2.75) is 44.2 Å². The van der Waals surface area contributed by atoms with Gasteiger partial charge in [0.05, 0.1) is 18.8 Å². The maximum atomic E-state index is 12.5. The summed E-state index contributed by atoms with van der Waals surface area (Å²) in [6.45, 7) is 6.18. The number of fused-ring (bicyclic) bond motifs is 1. The van der Waals surface area contributed by atoms with Crippen LogP contribution in [0.4, 0.5) is 4.79 Å². The Balaban J connectivity index is 1.23. The van der Waals surface area contributed by atoms with Gasteiger partial charge in [0.25, 0.3) is 0 Å². The van der Waals surface area contributed by atoms with E-state index in [1.807, 2.05) is 25.1 Å². The number of hydrogen-bond donors (Lipinski definition) is 0. The molecule has 3 aliphatic rings. The predicted octanol–water partition coefficient (Wildman–Crippen LogP) is 2.67. The lowest BCUT2D eigenvalue weighted by Crippen LogP contribution is -2.64. The van der Waals surface area contributed by atoms with Crippen LogP contribution in [-0.2, 0) is 15.9 Å². The molecule has 2 fully saturated rings. The third-order valence-electron chi connectivity index (χ3n) is 6.24. The molecule has 7 nitrogen and oxygen atoms in total. The van der Waals surface area contributed by atoms with Crippen molar-refractivity contribution in [3.05, 3.63) is 23.8 Å². The van der Waals surface area contributed by atoms with Gasteiger partial charge in [-0.2, -0.15) is 0 Å². The number of amides is 1. The van der Waals surface area contributed by atoms with Gasteiger partial charge in [-0.3, -0.25) is 4.90 Å². The fourth-order valence-corrected chi connectivity index (χ4v) is 4.24. The fraction of sp³-hybridized carbons (Fsp3) is 0.667. The summed E-state index contributed by atoms with van der Waals surface area (Å²) in [5.41, 5.74) is 1.31. The molecule has 154 valence electrons. The molecule has 7 heteroatoms. The Bertz CT molecular complexity index is 706. The van der Waals surface area contributed by atoms with Crippen LogP contribution in [0, 0.1) is 0 Å². The van der Waals surface area contributed by atoms with Crippen LogP contribution in [0.3, 0.4) is 0 Å². The molecule has 0 N–H and O–H groups in total. The van der Waals surface area contributed by atoms with Crippen molar-refractivity contribution in [2.24, 2.45) is 0 Å². The maximum absolute atomic E-state index is 12.5. The molecule has 0 saturated carbocycles. The van der Waals surface area contributed by atoms with Gasteiger partial charge in [-0.05, 0) is 50.4 Å². The molecule has 0 aliphatic carbocycles. The number of rotatable bonds is 6. The molecule has 1 spiro atoms. The van der Waals surface area contributed by atoms with Gasteiger partial charge in [0.15, 0.2) is 11.5 Å².